The zero-order valence-corrected chi connectivity index (χ0v) is 22.2. The van der Waals surface area contributed by atoms with Gasteiger partial charge in [0, 0.05) is 30.8 Å². The number of carbonyl (C=O) groups is 1. The van der Waals surface area contributed by atoms with Crippen LogP contribution in [0.5, 0.6) is 0 Å². The number of nitrogens with one attached hydrogen (secondary N) is 3. The number of H-pyrrole nitrogens is 1. The maximum absolute atomic E-state index is 13.7. The van der Waals surface area contributed by atoms with Crippen molar-refractivity contribution in [1.82, 2.24) is 20.2 Å². The summed E-state index contributed by atoms with van der Waals surface area (Å²) < 4.78 is 28.5. The number of hydrogen-bond acceptors (Lipinski definition) is 7. The Morgan fingerprint density at radius 3 is 2.55 bits per heavy atom. The van der Waals surface area contributed by atoms with Gasteiger partial charge < -0.3 is 15.6 Å². The van der Waals surface area contributed by atoms with Crippen LogP contribution in [0.15, 0.2) is 81.2 Å². The average Bonchev–Trinajstić information content (AvgIpc) is 3.34. The second-order valence-electron chi connectivity index (χ2n) is 9.48. The van der Waals surface area contributed by atoms with E-state index in [9.17, 15) is 22.8 Å². The molecular weight excluding hydrogens is 524 g/mol. The summed E-state index contributed by atoms with van der Waals surface area (Å²) >= 11 is 4.47. The van der Waals surface area contributed by atoms with Crippen LogP contribution in [-0.4, -0.2) is 47.1 Å². The van der Waals surface area contributed by atoms with Crippen molar-refractivity contribution < 1.29 is 13.2 Å². The van der Waals surface area contributed by atoms with Crippen molar-refractivity contribution in [3.05, 3.63) is 87.6 Å². The molecule has 1 unspecified atom stereocenters. The lowest BCUT2D eigenvalue weighted by atomic mass is 10.1. The molecule has 198 valence electrons. The van der Waals surface area contributed by atoms with E-state index in [1.165, 1.54) is 0 Å². The van der Waals surface area contributed by atoms with Gasteiger partial charge in [0.15, 0.2) is 5.37 Å². The summed E-state index contributed by atoms with van der Waals surface area (Å²) in [6.45, 7) is 0.552. The van der Waals surface area contributed by atoms with Gasteiger partial charge in [0.25, 0.3) is 5.56 Å². The van der Waals surface area contributed by atoms with E-state index >= 15 is 0 Å². The number of sulfone groups is 1. The summed E-state index contributed by atoms with van der Waals surface area (Å²) in [5.74, 6) is -0.478. The molecule has 1 aromatic heterocycles. The van der Waals surface area contributed by atoms with Crippen molar-refractivity contribution in [2.24, 2.45) is 0 Å². The third-order valence-electron chi connectivity index (χ3n) is 6.87. The first-order chi connectivity index (χ1) is 18.2. The van der Waals surface area contributed by atoms with E-state index in [1.807, 2.05) is 24.3 Å². The molecule has 0 bridgehead atoms. The SMILES string of the molecule is O=C(CCCn1c(=O)[nH]c2ccccc2c1=O)NC([C@@H]1C[C@@H](S)CN1)S(=O)(=O)c1ccc2ccccc2c1. The Morgan fingerprint density at radius 2 is 1.79 bits per heavy atom. The van der Waals surface area contributed by atoms with Crippen LogP contribution < -0.4 is 21.9 Å². The topological polar surface area (TPSA) is 130 Å². The molecule has 1 aliphatic heterocycles. The Hall–Kier alpha value is -3.41. The average molecular weight is 553 g/mol. The Balaban J connectivity index is 1.34. The number of hydrogen-bond donors (Lipinski definition) is 4. The smallest absolute Gasteiger partial charge is 0.328 e. The molecule has 0 aliphatic carbocycles. The number of benzene rings is 3. The molecule has 11 heteroatoms. The standard InChI is InChI=1S/C27H28N4O5S2/c32-24(10-5-13-31-26(33)21-8-3-4-9-22(21)29-27(31)34)30-25(23-15-19(37)16-28-23)38(35,36)20-12-11-17-6-1-2-7-18(17)14-20/h1-4,6-9,11-12,14,19,23,25,28,37H,5,10,13,15-16H2,(H,29,34)(H,30,32)/t19-,23+,25?/m1/s1. The van der Waals surface area contributed by atoms with Crippen LogP contribution >= 0.6 is 12.6 Å². The monoisotopic (exact) mass is 552 g/mol. The van der Waals surface area contributed by atoms with Crippen LogP contribution in [0.2, 0.25) is 0 Å². The molecule has 2 heterocycles. The number of amides is 1. The lowest BCUT2D eigenvalue weighted by Crippen LogP contribution is -2.52. The number of para-hydroxylation sites is 1. The van der Waals surface area contributed by atoms with Gasteiger partial charge >= 0.3 is 5.69 Å². The fourth-order valence-corrected chi connectivity index (χ4v) is 6.99. The summed E-state index contributed by atoms with van der Waals surface area (Å²) in [4.78, 5) is 40.9. The van der Waals surface area contributed by atoms with Crippen molar-refractivity contribution >= 4 is 50.0 Å². The van der Waals surface area contributed by atoms with E-state index in [1.54, 1.807) is 42.5 Å². The molecule has 5 rings (SSSR count). The lowest BCUT2D eigenvalue weighted by Gasteiger charge is -2.25. The van der Waals surface area contributed by atoms with Crippen molar-refractivity contribution in [3.63, 3.8) is 0 Å². The summed E-state index contributed by atoms with van der Waals surface area (Å²) in [5, 5.41) is 6.75. The molecule has 1 amide bonds. The molecule has 0 spiro atoms. The molecule has 1 saturated heterocycles. The zero-order chi connectivity index (χ0) is 26.9. The number of thiol groups is 1. The maximum atomic E-state index is 13.7. The Morgan fingerprint density at radius 1 is 1.05 bits per heavy atom. The van der Waals surface area contributed by atoms with Gasteiger partial charge in [-0.2, -0.15) is 12.6 Å². The number of carbonyl (C=O) groups excluding carboxylic acids is 1. The van der Waals surface area contributed by atoms with E-state index in [0.717, 1.165) is 15.3 Å². The first-order valence-electron chi connectivity index (χ1n) is 12.4. The number of aromatic amines is 1. The van der Waals surface area contributed by atoms with E-state index in [0.29, 0.717) is 23.9 Å². The first-order valence-corrected chi connectivity index (χ1v) is 14.5. The molecule has 3 atom stereocenters. The lowest BCUT2D eigenvalue weighted by molar-refractivity contribution is -0.121. The summed E-state index contributed by atoms with van der Waals surface area (Å²) in [7, 11) is -3.95. The van der Waals surface area contributed by atoms with E-state index in [-0.39, 0.29) is 29.5 Å². The zero-order valence-electron chi connectivity index (χ0n) is 20.5. The van der Waals surface area contributed by atoms with Gasteiger partial charge in [-0.1, -0.05) is 42.5 Å². The highest BCUT2D eigenvalue weighted by atomic mass is 32.2. The predicted molar refractivity (Wildman–Crippen MR) is 150 cm³/mol. The number of fused-ring (bicyclic) bond motifs is 2. The van der Waals surface area contributed by atoms with Gasteiger partial charge in [-0.3, -0.25) is 14.2 Å². The first kappa shape index (κ1) is 26.2. The van der Waals surface area contributed by atoms with Crippen LogP contribution in [0.25, 0.3) is 21.7 Å². The molecule has 0 radical (unpaired) electrons. The summed E-state index contributed by atoms with van der Waals surface area (Å²) in [6, 6.07) is 18.6. The molecule has 3 N–H and O–H groups in total. The summed E-state index contributed by atoms with van der Waals surface area (Å²) in [6.07, 6.45) is 0.603. The van der Waals surface area contributed by atoms with Crippen LogP contribution in [0.4, 0.5) is 0 Å². The fourth-order valence-electron chi connectivity index (χ4n) is 4.89. The molecule has 1 fully saturated rings. The van der Waals surface area contributed by atoms with Crippen LogP contribution in [0.3, 0.4) is 0 Å². The largest absolute Gasteiger partial charge is 0.338 e. The van der Waals surface area contributed by atoms with Crippen LogP contribution in [0.1, 0.15) is 19.3 Å². The quantitative estimate of drug-likeness (QED) is 0.248. The van der Waals surface area contributed by atoms with Gasteiger partial charge in [-0.15, -0.1) is 0 Å². The van der Waals surface area contributed by atoms with Gasteiger partial charge in [0.1, 0.15) is 0 Å². The molecule has 3 aromatic carbocycles. The van der Waals surface area contributed by atoms with Crippen molar-refractivity contribution in [3.8, 4) is 0 Å². The normalized spacial score (nSPS) is 18.6. The molecule has 9 nitrogen and oxygen atoms in total. The van der Waals surface area contributed by atoms with Crippen molar-refractivity contribution in [2.75, 3.05) is 6.54 Å². The van der Waals surface area contributed by atoms with Gasteiger partial charge in [-0.25, -0.2) is 13.2 Å². The second-order valence-corrected chi connectivity index (χ2v) is 12.3. The third-order valence-corrected chi connectivity index (χ3v) is 9.29. The van der Waals surface area contributed by atoms with Crippen LogP contribution in [0, 0.1) is 0 Å². The van der Waals surface area contributed by atoms with E-state index in [4.69, 9.17) is 0 Å². The Kier molecular flexibility index (Phi) is 7.42. The highest BCUT2D eigenvalue weighted by Crippen LogP contribution is 2.26. The van der Waals surface area contributed by atoms with Crippen molar-refractivity contribution in [2.45, 2.75) is 47.4 Å². The van der Waals surface area contributed by atoms with Gasteiger partial charge in [0.05, 0.1) is 15.8 Å². The molecule has 4 aromatic rings. The van der Waals surface area contributed by atoms with E-state index < -0.39 is 38.4 Å². The number of nitrogens with zero attached hydrogens (tertiary/aromatic N) is 1. The minimum Gasteiger partial charge on any atom is -0.338 e. The Bertz CT molecular complexity index is 1730. The fraction of sp³-hybridized carbons (Fsp3) is 0.296. The molecule has 0 saturated carbocycles. The molecular formula is C27H28N4O5S2. The van der Waals surface area contributed by atoms with Crippen LogP contribution in [-0.2, 0) is 21.2 Å². The highest BCUT2D eigenvalue weighted by molar-refractivity contribution is 7.92. The molecule has 38 heavy (non-hydrogen) atoms. The minimum atomic E-state index is -3.95. The number of aromatic nitrogens is 2. The van der Waals surface area contributed by atoms with E-state index in [2.05, 4.69) is 28.2 Å². The van der Waals surface area contributed by atoms with Crippen molar-refractivity contribution in [1.29, 1.82) is 0 Å². The second kappa shape index (κ2) is 10.8. The third kappa shape index (κ3) is 5.27. The Labute approximate surface area is 224 Å². The summed E-state index contributed by atoms with van der Waals surface area (Å²) in [5.41, 5.74) is -0.540. The predicted octanol–water partition coefficient (Wildman–Crippen LogP) is 2.20. The maximum Gasteiger partial charge on any atom is 0.328 e. The minimum absolute atomic E-state index is 0.0227. The van der Waals surface area contributed by atoms with Gasteiger partial charge in [-0.05, 0) is 47.9 Å². The number of rotatable bonds is 8. The molecule has 1 aliphatic rings. The van der Waals surface area contributed by atoms with Gasteiger partial charge in [0.2, 0.25) is 15.7 Å². The highest BCUT2D eigenvalue weighted by Gasteiger charge is 2.39.